The van der Waals surface area contributed by atoms with Gasteiger partial charge in [-0.15, -0.1) is 0 Å². The summed E-state index contributed by atoms with van der Waals surface area (Å²) in [5, 5.41) is 19.6. The first-order valence-corrected chi connectivity index (χ1v) is 12.1. The Kier molecular flexibility index (Phi) is 6.81. The number of likely N-dealkylation sites (tertiary alicyclic amines) is 1. The number of carbonyl (C=O) groups is 2. The van der Waals surface area contributed by atoms with E-state index in [4.69, 9.17) is 11.6 Å². The number of hydrogen-bond acceptors (Lipinski definition) is 5. The van der Waals surface area contributed by atoms with Crippen LogP contribution in [0.1, 0.15) is 58.3 Å². The fourth-order valence-corrected chi connectivity index (χ4v) is 5.82. The van der Waals surface area contributed by atoms with Gasteiger partial charge in [-0.25, -0.2) is 9.78 Å². The van der Waals surface area contributed by atoms with E-state index < -0.39 is 6.09 Å². The number of piperidine rings is 1. The number of pyridine rings is 1. The Hall–Kier alpha value is -2.06. The lowest BCUT2D eigenvalue weighted by atomic mass is 9.77. The van der Waals surface area contributed by atoms with E-state index in [1.807, 2.05) is 6.92 Å². The Morgan fingerprint density at radius 1 is 1.22 bits per heavy atom. The molecule has 2 saturated heterocycles. The van der Waals surface area contributed by atoms with Crippen LogP contribution in [0.5, 0.6) is 0 Å². The number of nitrogens with zero attached hydrogens (tertiary/aromatic N) is 4. The number of aromatic nitrogens is 1. The summed E-state index contributed by atoms with van der Waals surface area (Å²) in [6, 6.07) is 1.94. The molecule has 176 valence electrons. The molecule has 2 aliphatic heterocycles. The molecule has 8 nitrogen and oxygen atoms in total. The molecule has 9 heteroatoms. The maximum absolute atomic E-state index is 13.4. The third kappa shape index (κ3) is 4.39. The standard InChI is InChI=1S/C23H33ClN4O4/c1-2-10-28(22(31)32)17-14-19(24)20(25-15-17)26-11-7-23(8-12-26)9-13-27(21(23)30)16-3-5-18(29)6-4-16/h14-16,18,29H,2-13H2,1H3,(H,31,32). The summed E-state index contributed by atoms with van der Waals surface area (Å²) in [6.45, 7) is 4.53. The van der Waals surface area contributed by atoms with Crippen molar-refractivity contribution in [3.05, 3.63) is 17.3 Å². The Morgan fingerprint density at radius 3 is 2.47 bits per heavy atom. The maximum atomic E-state index is 13.4. The number of hydrogen-bond donors (Lipinski definition) is 2. The first-order chi connectivity index (χ1) is 15.3. The summed E-state index contributed by atoms with van der Waals surface area (Å²) in [5.74, 6) is 0.931. The summed E-state index contributed by atoms with van der Waals surface area (Å²) in [7, 11) is 0. The van der Waals surface area contributed by atoms with Crippen LogP contribution in [0.25, 0.3) is 0 Å². The van der Waals surface area contributed by atoms with Crippen LogP contribution in [0.15, 0.2) is 12.3 Å². The molecule has 32 heavy (non-hydrogen) atoms. The normalized spacial score (nSPS) is 25.4. The monoisotopic (exact) mass is 464 g/mol. The molecule has 1 aliphatic carbocycles. The summed E-state index contributed by atoms with van der Waals surface area (Å²) < 4.78 is 0. The van der Waals surface area contributed by atoms with Gasteiger partial charge in [-0.1, -0.05) is 18.5 Å². The van der Waals surface area contributed by atoms with E-state index in [1.165, 1.54) is 4.90 Å². The average molecular weight is 465 g/mol. The third-order valence-corrected chi connectivity index (χ3v) is 7.75. The van der Waals surface area contributed by atoms with Crippen molar-refractivity contribution in [2.24, 2.45) is 5.41 Å². The van der Waals surface area contributed by atoms with Crippen molar-refractivity contribution >= 4 is 35.1 Å². The van der Waals surface area contributed by atoms with Gasteiger partial charge in [0.15, 0.2) is 0 Å². The third-order valence-electron chi connectivity index (χ3n) is 7.47. The number of aliphatic hydroxyl groups is 1. The molecular formula is C23H33ClN4O4. The van der Waals surface area contributed by atoms with Gasteiger partial charge in [0, 0.05) is 32.2 Å². The minimum Gasteiger partial charge on any atom is -0.465 e. The zero-order chi connectivity index (χ0) is 22.9. The van der Waals surface area contributed by atoms with Gasteiger partial charge in [-0.3, -0.25) is 9.69 Å². The molecule has 1 aromatic rings. The quantitative estimate of drug-likeness (QED) is 0.688. The van der Waals surface area contributed by atoms with Gasteiger partial charge < -0.3 is 20.0 Å². The molecule has 4 rings (SSSR count). The molecule has 3 fully saturated rings. The molecule has 3 aliphatic rings. The summed E-state index contributed by atoms with van der Waals surface area (Å²) in [4.78, 5) is 34.8. The van der Waals surface area contributed by atoms with Crippen LogP contribution >= 0.6 is 11.6 Å². The van der Waals surface area contributed by atoms with Crippen LogP contribution in [-0.2, 0) is 4.79 Å². The van der Waals surface area contributed by atoms with E-state index in [9.17, 15) is 19.8 Å². The highest BCUT2D eigenvalue weighted by Gasteiger charge is 2.50. The van der Waals surface area contributed by atoms with Gasteiger partial charge in [-0.05, 0) is 57.4 Å². The lowest BCUT2D eigenvalue weighted by Crippen LogP contribution is -2.47. The van der Waals surface area contributed by atoms with E-state index in [0.29, 0.717) is 42.6 Å². The zero-order valence-corrected chi connectivity index (χ0v) is 19.4. The second-order valence-electron chi connectivity index (χ2n) is 9.41. The molecule has 2 amide bonds. The number of carboxylic acid groups (broad SMARTS) is 1. The predicted molar refractivity (Wildman–Crippen MR) is 123 cm³/mol. The molecule has 2 N–H and O–H groups in total. The number of anilines is 2. The number of rotatable bonds is 5. The van der Waals surface area contributed by atoms with Crippen molar-refractivity contribution in [2.45, 2.75) is 70.4 Å². The van der Waals surface area contributed by atoms with Crippen LogP contribution in [0.2, 0.25) is 5.02 Å². The smallest absolute Gasteiger partial charge is 0.411 e. The molecule has 1 aromatic heterocycles. The van der Waals surface area contributed by atoms with Crippen LogP contribution in [0, 0.1) is 5.41 Å². The van der Waals surface area contributed by atoms with Crippen LogP contribution in [0.3, 0.4) is 0 Å². The van der Waals surface area contributed by atoms with E-state index in [2.05, 4.69) is 14.8 Å². The molecule has 3 heterocycles. The number of halogens is 1. The average Bonchev–Trinajstić information content (AvgIpc) is 3.09. The zero-order valence-electron chi connectivity index (χ0n) is 18.7. The van der Waals surface area contributed by atoms with Crippen LogP contribution in [-0.4, -0.2) is 70.4 Å². The van der Waals surface area contributed by atoms with Gasteiger partial charge in [-0.2, -0.15) is 0 Å². The Balaban J connectivity index is 1.40. The highest BCUT2D eigenvalue weighted by molar-refractivity contribution is 6.33. The second kappa shape index (κ2) is 9.43. The van der Waals surface area contributed by atoms with Gasteiger partial charge in [0.25, 0.3) is 0 Å². The highest BCUT2D eigenvalue weighted by Crippen LogP contribution is 2.45. The lowest BCUT2D eigenvalue weighted by Gasteiger charge is -2.40. The molecule has 0 aromatic carbocycles. The number of aliphatic hydroxyl groups excluding tert-OH is 1. The Bertz CT molecular complexity index is 850. The van der Waals surface area contributed by atoms with Gasteiger partial charge in [0.1, 0.15) is 5.82 Å². The SMILES string of the molecule is CCCN(C(=O)O)c1cnc(N2CCC3(CC2)CCN(C2CCC(O)CC2)C3=O)c(Cl)c1. The molecule has 0 unspecified atom stereocenters. The molecule has 1 saturated carbocycles. The summed E-state index contributed by atoms with van der Waals surface area (Å²) in [5.41, 5.74) is 0.182. The first kappa shape index (κ1) is 23.1. The predicted octanol–water partition coefficient (Wildman–Crippen LogP) is 3.75. The van der Waals surface area contributed by atoms with E-state index in [0.717, 1.165) is 51.5 Å². The molecule has 1 spiro atoms. The van der Waals surface area contributed by atoms with Crippen molar-refractivity contribution in [1.82, 2.24) is 9.88 Å². The van der Waals surface area contributed by atoms with Crippen LogP contribution in [0.4, 0.5) is 16.3 Å². The summed E-state index contributed by atoms with van der Waals surface area (Å²) >= 11 is 6.51. The van der Waals surface area contributed by atoms with Gasteiger partial charge >= 0.3 is 6.09 Å². The van der Waals surface area contributed by atoms with Crippen molar-refractivity contribution in [3.8, 4) is 0 Å². The Morgan fingerprint density at radius 2 is 1.88 bits per heavy atom. The largest absolute Gasteiger partial charge is 0.465 e. The van der Waals surface area contributed by atoms with Gasteiger partial charge in [0.2, 0.25) is 5.91 Å². The first-order valence-electron chi connectivity index (χ1n) is 11.7. The summed E-state index contributed by atoms with van der Waals surface area (Å²) in [6.07, 6.45) is 6.83. The minimum atomic E-state index is -1.02. The van der Waals surface area contributed by atoms with Crippen LogP contribution < -0.4 is 9.80 Å². The Labute approximate surface area is 194 Å². The van der Waals surface area contributed by atoms with Crippen molar-refractivity contribution in [3.63, 3.8) is 0 Å². The van der Waals surface area contributed by atoms with E-state index >= 15 is 0 Å². The topological polar surface area (TPSA) is 97.2 Å². The lowest BCUT2D eigenvalue weighted by molar-refractivity contribution is -0.139. The van der Waals surface area contributed by atoms with Crippen molar-refractivity contribution in [1.29, 1.82) is 0 Å². The molecule has 0 bridgehead atoms. The molecular weight excluding hydrogens is 432 g/mol. The van der Waals surface area contributed by atoms with E-state index in [-0.39, 0.29) is 23.5 Å². The minimum absolute atomic E-state index is 0.214. The van der Waals surface area contributed by atoms with Gasteiger partial charge in [0.05, 0.1) is 28.4 Å². The van der Waals surface area contributed by atoms with Crippen molar-refractivity contribution < 1.29 is 19.8 Å². The fraction of sp³-hybridized carbons (Fsp3) is 0.696. The number of carbonyl (C=O) groups excluding carboxylic acids is 1. The molecule has 0 radical (unpaired) electrons. The fourth-order valence-electron chi connectivity index (χ4n) is 5.54. The second-order valence-corrected chi connectivity index (χ2v) is 9.82. The van der Waals surface area contributed by atoms with Crippen molar-refractivity contribution in [2.75, 3.05) is 36.0 Å². The molecule has 0 atom stereocenters. The highest BCUT2D eigenvalue weighted by atomic mass is 35.5. The van der Waals surface area contributed by atoms with E-state index in [1.54, 1.807) is 12.3 Å². The number of amides is 2. The maximum Gasteiger partial charge on any atom is 0.411 e.